The van der Waals surface area contributed by atoms with Crippen molar-refractivity contribution in [2.45, 2.75) is 44.7 Å². The zero-order valence-electron chi connectivity index (χ0n) is 9.64. The Morgan fingerprint density at radius 1 is 1.14 bits per heavy atom. The fourth-order valence-electron chi connectivity index (χ4n) is 1.86. The Labute approximate surface area is 88.4 Å². The molecule has 0 aromatic heterocycles. The molecule has 0 aliphatic heterocycles. The van der Waals surface area contributed by atoms with E-state index in [-0.39, 0.29) is 0 Å². The second-order valence-electron chi connectivity index (χ2n) is 4.26. The van der Waals surface area contributed by atoms with Gasteiger partial charge in [0, 0.05) is 26.4 Å². The molecule has 0 saturated heterocycles. The van der Waals surface area contributed by atoms with Crippen LogP contribution >= 0.6 is 0 Å². The molecule has 0 unspecified atom stereocenters. The van der Waals surface area contributed by atoms with Crippen LogP contribution in [-0.2, 0) is 8.85 Å². The van der Waals surface area contributed by atoms with Crippen molar-refractivity contribution in [1.82, 2.24) is 5.32 Å². The Balaban J connectivity index is 2.23. The first-order valence-electron chi connectivity index (χ1n) is 5.54. The zero-order chi connectivity index (χ0) is 10.4. The predicted molar refractivity (Wildman–Crippen MR) is 60.5 cm³/mol. The first-order valence-corrected chi connectivity index (χ1v) is 8.06. The maximum Gasteiger partial charge on any atom is 0.348 e. The molecule has 14 heavy (non-hydrogen) atoms. The fraction of sp³-hybridized carbons (Fsp3) is 1.00. The van der Waals surface area contributed by atoms with Crippen molar-refractivity contribution in [3.63, 3.8) is 0 Å². The summed E-state index contributed by atoms with van der Waals surface area (Å²) in [6.45, 7) is 2.10. The van der Waals surface area contributed by atoms with E-state index in [0.29, 0.717) is 6.04 Å². The molecule has 84 valence electrons. The minimum atomic E-state index is -1.89. The zero-order valence-corrected chi connectivity index (χ0v) is 10.6. The van der Waals surface area contributed by atoms with Crippen LogP contribution in [0.5, 0.6) is 0 Å². The van der Waals surface area contributed by atoms with Crippen LogP contribution in [0.3, 0.4) is 0 Å². The molecule has 0 atom stereocenters. The highest BCUT2D eigenvalue weighted by atomic mass is 28.4. The van der Waals surface area contributed by atoms with Crippen LogP contribution in [0.25, 0.3) is 0 Å². The van der Waals surface area contributed by atoms with Crippen LogP contribution < -0.4 is 5.32 Å². The summed E-state index contributed by atoms with van der Waals surface area (Å²) in [6, 6.07) is 0.695. The quantitative estimate of drug-likeness (QED) is 0.713. The number of nitrogens with one attached hydrogen (secondary N) is 1. The van der Waals surface area contributed by atoms with E-state index < -0.39 is 8.56 Å². The topological polar surface area (TPSA) is 30.5 Å². The smallest absolute Gasteiger partial charge is 0.348 e. The van der Waals surface area contributed by atoms with E-state index in [2.05, 4.69) is 11.9 Å². The molecule has 0 aromatic rings. The summed E-state index contributed by atoms with van der Waals surface area (Å²) in [7, 11) is 1.60. The first-order chi connectivity index (χ1) is 6.70. The molecule has 0 radical (unpaired) electrons. The second-order valence-corrected chi connectivity index (χ2v) is 7.70. The van der Waals surface area contributed by atoms with Gasteiger partial charge in [-0.05, 0) is 19.4 Å². The third-order valence-electron chi connectivity index (χ3n) is 3.18. The van der Waals surface area contributed by atoms with E-state index in [0.717, 1.165) is 6.17 Å². The summed E-state index contributed by atoms with van der Waals surface area (Å²) in [5, 5.41) is 3.58. The normalized spacial score (nSPS) is 19.9. The number of rotatable bonds is 5. The second kappa shape index (κ2) is 5.85. The average molecular weight is 217 g/mol. The molecule has 0 spiro atoms. The lowest BCUT2D eigenvalue weighted by Crippen LogP contribution is -2.50. The molecular formula is C10H23NO2Si. The third kappa shape index (κ3) is 3.69. The molecule has 1 saturated carbocycles. The average Bonchev–Trinajstić information content (AvgIpc) is 2.27. The lowest BCUT2D eigenvalue weighted by atomic mass is 9.96. The Morgan fingerprint density at radius 2 is 1.71 bits per heavy atom. The highest BCUT2D eigenvalue weighted by Crippen LogP contribution is 2.17. The molecule has 0 bridgehead atoms. The van der Waals surface area contributed by atoms with Crippen LogP contribution in [0.4, 0.5) is 0 Å². The van der Waals surface area contributed by atoms with Gasteiger partial charge in [-0.25, -0.2) is 0 Å². The Kier molecular flexibility index (Phi) is 5.09. The molecule has 0 amide bonds. The van der Waals surface area contributed by atoms with Crippen molar-refractivity contribution < 1.29 is 8.85 Å². The summed E-state index contributed by atoms with van der Waals surface area (Å²) in [6.07, 6.45) is 7.69. The highest BCUT2D eigenvalue weighted by Gasteiger charge is 2.29. The van der Waals surface area contributed by atoms with Crippen molar-refractivity contribution in [2.24, 2.45) is 0 Å². The van der Waals surface area contributed by atoms with Crippen LogP contribution in [0.15, 0.2) is 0 Å². The molecule has 1 N–H and O–H groups in total. The van der Waals surface area contributed by atoms with Crippen molar-refractivity contribution in [3.05, 3.63) is 0 Å². The molecule has 1 aliphatic carbocycles. The van der Waals surface area contributed by atoms with Crippen LogP contribution in [0.1, 0.15) is 32.1 Å². The summed E-state index contributed by atoms with van der Waals surface area (Å²) in [5.41, 5.74) is 0. The van der Waals surface area contributed by atoms with Gasteiger partial charge >= 0.3 is 8.56 Å². The van der Waals surface area contributed by atoms with Crippen molar-refractivity contribution >= 4 is 8.56 Å². The summed E-state index contributed by atoms with van der Waals surface area (Å²) < 4.78 is 10.9. The number of hydrogen-bond acceptors (Lipinski definition) is 3. The van der Waals surface area contributed by atoms with Gasteiger partial charge in [-0.3, -0.25) is 0 Å². The molecule has 3 nitrogen and oxygen atoms in total. The Bertz CT molecular complexity index is 156. The van der Waals surface area contributed by atoms with Gasteiger partial charge in [0.1, 0.15) is 0 Å². The lowest BCUT2D eigenvalue weighted by molar-refractivity contribution is 0.241. The van der Waals surface area contributed by atoms with Crippen LogP contribution in [0.2, 0.25) is 6.55 Å². The SMILES string of the molecule is CO[Si](C)(CNC1CCCCC1)OC. The van der Waals surface area contributed by atoms with E-state index >= 15 is 0 Å². The minimum Gasteiger partial charge on any atom is -0.397 e. The van der Waals surface area contributed by atoms with Gasteiger partial charge in [-0.15, -0.1) is 0 Å². The van der Waals surface area contributed by atoms with E-state index in [1.54, 1.807) is 14.2 Å². The fourth-order valence-corrected chi connectivity index (χ4v) is 2.98. The summed E-state index contributed by atoms with van der Waals surface area (Å²) in [5.74, 6) is 0. The minimum absolute atomic E-state index is 0.695. The van der Waals surface area contributed by atoms with E-state index in [4.69, 9.17) is 8.85 Å². The Hall–Kier alpha value is 0.0969. The van der Waals surface area contributed by atoms with Gasteiger partial charge in [-0.1, -0.05) is 19.3 Å². The van der Waals surface area contributed by atoms with Gasteiger partial charge in [0.2, 0.25) is 0 Å². The van der Waals surface area contributed by atoms with Crippen LogP contribution in [0, 0.1) is 0 Å². The maximum atomic E-state index is 5.43. The van der Waals surface area contributed by atoms with Gasteiger partial charge in [0.25, 0.3) is 0 Å². The highest BCUT2D eigenvalue weighted by molar-refractivity contribution is 6.66. The van der Waals surface area contributed by atoms with Gasteiger partial charge in [-0.2, -0.15) is 0 Å². The van der Waals surface area contributed by atoms with E-state index in [1.807, 2.05) is 0 Å². The molecule has 0 aromatic carbocycles. The molecule has 4 heteroatoms. The molecule has 0 heterocycles. The molecule has 1 fully saturated rings. The molecule has 1 rings (SSSR count). The predicted octanol–water partition coefficient (Wildman–Crippen LogP) is 1.81. The summed E-state index contributed by atoms with van der Waals surface area (Å²) in [4.78, 5) is 0. The van der Waals surface area contributed by atoms with Crippen molar-refractivity contribution in [1.29, 1.82) is 0 Å². The standard InChI is InChI=1S/C10H23NO2Si/c1-12-14(3,13-2)9-11-10-7-5-4-6-8-10/h10-11H,4-9H2,1-3H3. The lowest BCUT2D eigenvalue weighted by Gasteiger charge is -2.28. The van der Waals surface area contributed by atoms with Gasteiger partial charge in [0.05, 0.1) is 0 Å². The van der Waals surface area contributed by atoms with Crippen LogP contribution in [-0.4, -0.2) is 35.0 Å². The largest absolute Gasteiger partial charge is 0.397 e. The third-order valence-corrected chi connectivity index (χ3v) is 5.75. The van der Waals surface area contributed by atoms with E-state index in [1.165, 1.54) is 32.1 Å². The monoisotopic (exact) mass is 217 g/mol. The maximum absolute atomic E-state index is 5.43. The number of hydrogen-bond donors (Lipinski definition) is 1. The Morgan fingerprint density at radius 3 is 2.21 bits per heavy atom. The summed E-state index contributed by atoms with van der Waals surface area (Å²) >= 11 is 0. The van der Waals surface area contributed by atoms with Gasteiger partial charge < -0.3 is 14.2 Å². The van der Waals surface area contributed by atoms with Crippen molar-refractivity contribution in [2.75, 3.05) is 20.4 Å². The van der Waals surface area contributed by atoms with Gasteiger partial charge in [0.15, 0.2) is 0 Å². The van der Waals surface area contributed by atoms with Crippen molar-refractivity contribution in [3.8, 4) is 0 Å². The molecular weight excluding hydrogens is 194 g/mol. The molecule has 1 aliphatic rings. The van der Waals surface area contributed by atoms with E-state index in [9.17, 15) is 0 Å². The first kappa shape index (κ1) is 12.2.